The summed E-state index contributed by atoms with van der Waals surface area (Å²) in [5.41, 5.74) is 5.43. The Kier molecular flexibility index (Phi) is 3.42. The molecule has 2 aromatic rings. The summed E-state index contributed by atoms with van der Waals surface area (Å²) in [6.45, 7) is 0.567. The van der Waals surface area contributed by atoms with Crippen LogP contribution in [-0.4, -0.2) is 15.0 Å². The Bertz CT molecular complexity index is 481. The number of rotatable bonds is 3. The summed E-state index contributed by atoms with van der Waals surface area (Å²) in [5, 5.41) is 3.05. The van der Waals surface area contributed by atoms with Gasteiger partial charge in [-0.05, 0) is 23.7 Å². The third kappa shape index (κ3) is 2.94. The average Bonchev–Trinajstić information content (AvgIpc) is 2.60. The van der Waals surface area contributed by atoms with Crippen molar-refractivity contribution in [2.75, 3.05) is 11.1 Å². The van der Waals surface area contributed by atoms with Gasteiger partial charge in [-0.15, -0.1) is 11.3 Å². The average molecular weight is 276 g/mol. The van der Waals surface area contributed by atoms with Crippen molar-refractivity contribution in [2.24, 2.45) is 0 Å². The van der Waals surface area contributed by atoms with Gasteiger partial charge < -0.3 is 11.1 Å². The topological polar surface area (TPSA) is 76.7 Å². The molecule has 0 aliphatic rings. The largest absolute Gasteiger partial charge is 0.368 e. The normalized spacial score (nSPS) is 10.4. The summed E-state index contributed by atoms with van der Waals surface area (Å²) in [4.78, 5) is 12.5. The maximum absolute atomic E-state index is 5.80. The van der Waals surface area contributed by atoms with Crippen molar-refractivity contribution in [2.45, 2.75) is 6.54 Å². The van der Waals surface area contributed by atoms with Gasteiger partial charge in [-0.1, -0.05) is 11.6 Å². The number of nitrogen functional groups attached to an aromatic ring is 1. The van der Waals surface area contributed by atoms with E-state index >= 15 is 0 Å². The number of nitrogens with zero attached hydrogens (tertiary/aromatic N) is 3. The first kappa shape index (κ1) is 11.4. The molecule has 0 unspecified atom stereocenters. The highest BCUT2D eigenvalue weighted by molar-refractivity contribution is 7.16. The van der Waals surface area contributed by atoms with Crippen LogP contribution in [-0.2, 0) is 6.54 Å². The molecule has 0 atom stereocenters. The van der Waals surface area contributed by atoms with Crippen LogP contribution in [0.1, 0.15) is 4.88 Å². The fourth-order valence-corrected chi connectivity index (χ4v) is 2.25. The Morgan fingerprint density at radius 3 is 2.69 bits per heavy atom. The summed E-state index contributed by atoms with van der Waals surface area (Å²) in [6.07, 6.45) is 0. The van der Waals surface area contributed by atoms with Crippen LogP contribution in [0.2, 0.25) is 9.62 Å². The van der Waals surface area contributed by atoms with Gasteiger partial charge in [0.25, 0.3) is 0 Å². The molecule has 3 N–H and O–H groups in total. The summed E-state index contributed by atoms with van der Waals surface area (Å²) < 4.78 is 0.741. The molecule has 2 aromatic heterocycles. The van der Waals surface area contributed by atoms with E-state index in [0.29, 0.717) is 12.5 Å². The molecule has 2 heterocycles. The van der Waals surface area contributed by atoms with Crippen molar-refractivity contribution in [1.82, 2.24) is 15.0 Å². The highest BCUT2D eigenvalue weighted by Gasteiger charge is 2.03. The second kappa shape index (κ2) is 4.82. The number of nitrogens with two attached hydrogens (primary N) is 1. The first-order valence-electron chi connectivity index (χ1n) is 4.28. The van der Waals surface area contributed by atoms with Crippen LogP contribution < -0.4 is 11.1 Å². The lowest BCUT2D eigenvalue weighted by Gasteiger charge is -2.03. The van der Waals surface area contributed by atoms with E-state index in [-0.39, 0.29) is 11.2 Å². The van der Waals surface area contributed by atoms with Crippen LogP contribution in [0.3, 0.4) is 0 Å². The molecule has 2 rings (SSSR count). The van der Waals surface area contributed by atoms with E-state index in [1.807, 2.05) is 12.1 Å². The zero-order valence-corrected chi connectivity index (χ0v) is 10.3. The Balaban J connectivity index is 2.04. The molecule has 0 fully saturated rings. The predicted octanol–water partition coefficient (Wildman–Crippen LogP) is 2.43. The van der Waals surface area contributed by atoms with E-state index in [4.69, 9.17) is 28.9 Å². The minimum Gasteiger partial charge on any atom is -0.368 e. The first-order valence-corrected chi connectivity index (χ1v) is 5.86. The standard InChI is InChI=1S/C8H7Cl2N5S/c9-5-2-1-4(16-5)3-12-8-14-6(10)13-7(11)15-8/h1-2H,3H2,(H3,11,12,13,14,15). The lowest BCUT2D eigenvalue weighted by molar-refractivity contribution is 1.02. The second-order valence-electron chi connectivity index (χ2n) is 2.85. The monoisotopic (exact) mass is 275 g/mol. The van der Waals surface area contributed by atoms with E-state index in [2.05, 4.69) is 20.3 Å². The Hall–Kier alpha value is -1.11. The number of hydrogen-bond acceptors (Lipinski definition) is 6. The van der Waals surface area contributed by atoms with Gasteiger partial charge in [0.1, 0.15) is 0 Å². The van der Waals surface area contributed by atoms with Crippen molar-refractivity contribution in [3.8, 4) is 0 Å². The van der Waals surface area contributed by atoms with Gasteiger partial charge in [0.2, 0.25) is 17.2 Å². The summed E-state index contributed by atoms with van der Waals surface area (Å²) in [7, 11) is 0. The van der Waals surface area contributed by atoms with E-state index in [1.165, 1.54) is 11.3 Å². The van der Waals surface area contributed by atoms with E-state index < -0.39 is 0 Å². The van der Waals surface area contributed by atoms with E-state index in [9.17, 15) is 0 Å². The number of nitrogens with one attached hydrogen (secondary N) is 1. The number of halogens is 2. The molecule has 0 saturated carbocycles. The maximum atomic E-state index is 5.80. The molecule has 0 aliphatic heterocycles. The second-order valence-corrected chi connectivity index (χ2v) is 4.98. The molecule has 16 heavy (non-hydrogen) atoms. The Morgan fingerprint density at radius 2 is 2.06 bits per heavy atom. The lowest BCUT2D eigenvalue weighted by atomic mass is 10.5. The van der Waals surface area contributed by atoms with Crippen molar-refractivity contribution in [3.63, 3.8) is 0 Å². The van der Waals surface area contributed by atoms with Crippen LogP contribution in [0.5, 0.6) is 0 Å². The van der Waals surface area contributed by atoms with Crippen molar-refractivity contribution in [3.05, 3.63) is 26.6 Å². The molecule has 0 spiro atoms. The maximum Gasteiger partial charge on any atom is 0.229 e. The zero-order chi connectivity index (χ0) is 11.5. The van der Waals surface area contributed by atoms with E-state index in [1.54, 1.807) is 0 Å². The fourth-order valence-electron chi connectivity index (χ4n) is 1.06. The van der Waals surface area contributed by atoms with Crippen LogP contribution >= 0.6 is 34.5 Å². The first-order chi connectivity index (χ1) is 7.63. The van der Waals surface area contributed by atoms with Gasteiger partial charge in [-0.3, -0.25) is 0 Å². The van der Waals surface area contributed by atoms with Gasteiger partial charge in [0.15, 0.2) is 0 Å². The Labute approximate surface area is 106 Å². The fraction of sp³-hybridized carbons (Fsp3) is 0.125. The van der Waals surface area contributed by atoms with Gasteiger partial charge in [-0.25, -0.2) is 0 Å². The third-order valence-electron chi connectivity index (χ3n) is 1.68. The molecule has 0 saturated heterocycles. The van der Waals surface area contributed by atoms with Gasteiger partial charge in [0.05, 0.1) is 10.9 Å². The number of thiophene rings is 1. The molecule has 0 aromatic carbocycles. The molecule has 0 aliphatic carbocycles. The van der Waals surface area contributed by atoms with Crippen molar-refractivity contribution >= 4 is 46.4 Å². The summed E-state index contributed by atoms with van der Waals surface area (Å²) >= 11 is 12.9. The van der Waals surface area contributed by atoms with Crippen molar-refractivity contribution in [1.29, 1.82) is 0 Å². The molecule has 0 radical (unpaired) electrons. The number of anilines is 2. The molecule has 84 valence electrons. The van der Waals surface area contributed by atoms with Crippen LogP contribution in [0.4, 0.5) is 11.9 Å². The zero-order valence-electron chi connectivity index (χ0n) is 7.94. The number of aromatic nitrogens is 3. The molecular formula is C8H7Cl2N5S. The molecule has 0 amide bonds. The smallest absolute Gasteiger partial charge is 0.229 e. The van der Waals surface area contributed by atoms with Crippen LogP contribution in [0.25, 0.3) is 0 Å². The summed E-state index contributed by atoms with van der Waals surface area (Å²) in [5.74, 6) is 0.439. The van der Waals surface area contributed by atoms with Gasteiger partial charge >= 0.3 is 0 Å². The van der Waals surface area contributed by atoms with Gasteiger partial charge in [0, 0.05) is 4.88 Å². The quantitative estimate of drug-likeness (QED) is 0.900. The van der Waals surface area contributed by atoms with Crippen LogP contribution in [0.15, 0.2) is 12.1 Å². The SMILES string of the molecule is Nc1nc(Cl)nc(NCc2ccc(Cl)s2)n1. The number of hydrogen-bond donors (Lipinski definition) is 2. The highest BCUT2D eigenvalue weighted by atomic mass is 35.5. The lowest BCUT2D eigenvalue weighted by Crippen LogP contribution is -2.06. The molecule has 5 nitrogen and oxygen atoms in total. The molecular weight excluding hydrogens is 269 g/mol. The predicted molar refractivity (Wildman–Crippen MR) is 65.9 cm³/mol. The molecule has 8 heteroatoms. The van der Waals surface area contributed by atoms with Crippen LogP contribution in [0, 0.1) is 0 Å². The van der Waals surface area contributed by atoms with Crippen molar-refractivity contribution < 1.29 is 0 Å². The highest BCUT2D eigenvalue weighted by Crippen LogP contribution is 2.21. The van der Waals surface area contributed by atoms with Gasteiger partial charge in [-0.2, -0.15) is 15.0 Å². The van der Waals surface area contributed by atoms with E-state index in [0.717, 1.165) is 9.21 Å². The minimum atomic E-state index is 0.0687. The third-order valence-corrected chi connectivity index (χ3v) is 3.08. The molecule has 0 bridgehead atoms. The Morgan fingerprint density at radius 1 is 1.25 bits per heavy atom. The summed E-state index contributed by atoms with van der Waals surface area (Å²) in [6, 6.07) is 3.75. The minimum absolute atomic E-state index is 0.0687.